The minimum absolute atomic E-state index is 0.314. The van der Waals surface area contributed by atoms with Crippen LogP contribution < -0.4 is 10.6 Å². The van der Waals surface area contributed by atoms with Crippen LogP contribution in [-0.2, 0) is 4.74 Å². The van der Waals surface area contributed by atoms with E-state index in [2.05, 4.69) is 31.4 Å². The predicted octanol–water partition coefficient (Wildman–Crippen LogP) is 2.78. The zero-order valence-corrected chi connectivity index (χ0v) is 13.3. The fraction of sp³-hybridized carbons (Fsp3) is 0.933. The van der Waals surface area contributed by atoms with Crippen molar-refractivity contribution in [3.8, 4) is 0 Å². The summed E-state index contributed by atoms with van der Waals surface area (Å²) in [5, 5.41) is 6.35. The number of piperidine rings is 1. The monoisotopic (exact) mass is 270 g/mol. The molecule has 0 aromatic rings. The van der Waals surface area contributed by atoms with E-state index in [1.165, 1.54) is 0 Å². The van der Waals surface area contributed by atoms with E-state index >= 15 is 0 Å². The third-order valence-corrected chi connectivity index (χ3v) is 3.60. The number of alkyl carbamates (subject to hydrolysis) is 1. The molecule has 1 heterocycles. The Morgan fingerprint density at radius 2 is 1.84 bits per heavy atom. The molecule has 1 rings (SSSR count). The van der Waals surface area contributed by atoms with Crippen molar-refractivity contribution in [3.05, 3.63) is 0 Å². The van der Waals surface area contributed by atoms with E-state index in [1.54, 1.807) is 0 Å². The van der Waals surface area contributed by atoms with E-state index in [4.69, 9.17) is 4.74 Å². The molecule has 0 unspecified atom stereocenters. The highest BCUT2D eigenvalue weighted by Crippen LogP contribution is 2.32. The van der Waals surface area contributed by atoms with E-state index in [9.17, 15) is 4.79 Å². The molecule has 2 N–H and O–H groups in total. The lowest BCUT2D eigenvalue weighted by molar-refractivity contribution is 0.0508. The van der Waals surface area contributed by atoms with Gasteiger partial charge >= 0.3 is 6.09 Å². The van der Waals surface area contributed by atoms with E-state index < -0.39 is 5.60 Å². The first-order chi connectivity index (χ1) is 8.58. The normalized spacial score (nSPS) is 24.9. The van der Waals surface area contributed by atoms with Crippen molar-refractivity contribution in [2.45, 2.75) is 53.6 Å². The number of ether oxygens (including phenoxy) is 1. The van der Waals surface area contributed by atoms with Crippen LogP contribution in [0.3, 0.4) is 0 Å². The van der Waals surface area contributed by atoms with Gasteiger partial charge in [-0.25, -0.2) is 4.79 Å². The summed E-state index contributed by atoms with van der Waals surface area (Å²) in [5.41, 5.74) is -0.111. The molecule has 0 spiro atoms. The van der Waals surface area contributed by atoms with Gasteiger partial charge in [0.15, 0.2) is 0 Å². The number of nitrogens with one attached hydrogen (secondary N) is 2. The molecule has 0 aromatic carbocycles. The summed E-state index contributed by atoms with van der Waals surface area (Å²) in [6, 6.07) is 0. The number of hydrogen-bond donors (Lipinski definition) is 2. The molecule has 1 fully saturated rings. The Kier molecular flexibility index (Phi) is 5.25. The maximum atomic E-state index is 11.6. The van der Waals surface area contributed by atoms with Gasteiger partial charge in [0, 0.05) is 6.54 Å². The fourth-order valence-electron chi connectivity index (χ4n) is 2.39. The van der Waals surface area contributed by atoms with Crippen molar-refractivity contribution in [1.82, 2.24) is 10.6 Å². The number of hydrogen-bond acceptors (Lipinski definition) is 3. The summed E-state index contributed by atoms with van der Waals surface area (Å²) in [4.78, 5) is 11.6. The third-order valence-electron chi connectivity index (χ3n) is 3.60. The van der Waals surface area contributed by atoms with Crippen molar-refractivity contribution in [1.29, 1.82) is 0 Å². The summed E-state index contributed by atoms with van der Waals surface area (Å²) < 4.78 is 5.25. The largest absolute Gasteiger partial charge is 0.444 e. The summed E-state index contributed by atoms with van der Waals surface area (Å²) in [6.07, 6.45) is 0.845. The van der Waals surface area contributed by atoms with Gasteiger partial charge in [-0.05, 0) is 57.5 Å². The maximum Gasteiger partial charge on any atom is 0.407 e. The van der Waals surface area contributed by atoms with Gasteiger partial charge in [0.2, 0.25) is 0 Å². The van der Waals surface area contributed by atoms with E-state index in [0.29, 0.717) is 23.8 Å². The molecule has 0 saturated carbocycles. The van der Waals surface area contributed by atoms with Crippen LogP contribution in [0, 0.1) is 17.3 Å². The highest BCUT2D eigenvalue weighted by atomic mass is 16.6. The van der Waals surface area contributed by atoms with Crippen LogP contribution in [0.5, 0.6) is 0 Å². The first-order valence-electron chi connectivity index (χ1n) is 7.25. The lowest BCUT2D eigenvalue weighted by Crippen LogP contribution is -2.46. The highest BCUT2D eigenvalue weighted by Gasteiger charge is 2.30. The van der Waals surface area contributed by atoms with Crippen molar-refractivity contribution in [2.24, 2.45) is 17.3 Å². The average molecular weight is 270 g/mol. The van der Waals surface area contributed by atoms with Crippen LogP contribution in [0.15, 0.2) is 0 Å². The first-order valence-corrected chi connectivity index (χ1v) is 7.25. The standard InChI is InChI=1S/C15H30N2O2/c1-14(2,3)12-7-11(8-16-10-12)9-17-13(18)19-15(4,5)6/h11-12,16H,7-10H2,1-6H3,(H,17,18)/t11-,12+/m0/s1. The second kappa shape index (κ2) is 6.12. The van der Waals surface area contributed by atoms with E-state index in [-0.39, 0.29) is 6.09 Å². The van der Waals surface area contributed by atoms with Gasteiger partial charge in [0.25, 0.3) is 0 Å². The van der Waals surface area contributed by atoms with Crippen molar-refractivity contribution >= 4 is 6.09 Å². The zero-order valence-electron chi connectivity index (χ0n) is 13.3. The number of rotatable bonds is 2. The van der Waals surface area contributed by atoms with Crippen LogP contribution in [0.25, 0.3) is 0 Å². The first kappa shape index (κ1) is 16.3. The van der Waals surface area contributed by atoms with Gasteiger partial charge in [-0.1, -0.05) is 20.8 Å². The number of carbonyl (C=O) groups is 1. The SMILES string of the molecule is CC(C)(C)OC(=O)NC[C@@H]1CNC[C@H](C(C)(C)C)C1. The summed E-state index contributed by atoms with van der Waals surface area (Å²) >= 11 is 0. The molecular formula is C15H30N2O2. The third kappa shape index (κ3) is 6.28. The van der Waals surface area contributed by atoms with Gasteiger partial charge < -0.3 is 15.4 Å². The Morgan fingerprint density at radius 1 is 1.21 bits per heavy atom. The Bertz CT molecular complexity index is 302. The van der Waals surface area contributed by atoms with Crippen LogP contribution in [0.2, 0.25) is 0 Å². The minimum atomic E-state index is -0.428. The second-order valence-electron chi connectivity index (χ2n) is 7.71. The van der Waals surface area contributed by atoms with Gasteiger partial charge in [-0.15, -0.1) is 0 Å². The summed E-state index contributed by atoms with van der Waals surface area (Å²) in [5.74, 6) is 1.15. The second-order valence-corrected chi connectivity index (χ2v) is 7.71. The van der Waals surface area contributed by atoms with Gasteiger partial charge in [0.1, 0.15) is 5.60 Å². The molecule has 2 atom stereocenters. The fourth-order valence-corrected chi connectivity index (χ4v) is 2.39. The zero-order chi connectivity index (χ0) is 14.7. The smallest absolute Gasteiger partial charge is 0.407 e. The van der Waals surface area contributed by atoms with Crippen LogP contribution >= 0.6 is 0 Å². The van der Waals surface area contributed by atoms with Crippen molar-refractivity contribution in [3.63, 3.8) is 0 Å². The van der Waals surface area contributed by atoms with E-state index in [1.807, 2.05) is 20.8 Å². The molecular weight excluding hydrogens is 240 g/mol. The quantitative estimate of drug-likeness (QED) is 0.811. The van der Waals surface area contributed by atoms with Crippen LogP contribution in [-0.4, -0.2) is 31.3 Å². The Balaban J connectivity index is 2.35. The molecule has 4 nitrogen and oxygen atoms in total. The topological polar surface area (TPSA) is 50.4 Å². The van der Waals surface area contributed by atoms with Crippen LogP contribution in [0.1, 0.15) is 48.0 Å². The molecule has 4 heteroatoms. The number of amides is 1. The number of carbonyl (C=O) groups excluding carboxylic acids is 1. The Hall–Kier alpha value is -0.770. The summed E-state index contributed by atoms with van der Waals surface area (Å²) in [7, 11) is 0. The van der Waals surface area contributed by atoms with Gasteiger partial charge in [0.05, 0.1) is 0 Å². The molecule has 1 amide bonds. The van der Waals surface area contributed by atoms with E-state index in [0.717, 1.165) is 19.5 Å². The molecule has 0 aliphatic carbocycles. The minimum Gasteiger partial charge on any atom is -0.444 e. The Labute approximate surface area is 117 Å². The van der Waals surface area contributed by atoms with Gasteiger partial charge in [-0.3, -0.25) is 0 Å². The molecule has 19 heavy (non-hydrogen) atoms. The molecule has 0 radical (unpaired) electrons. The lowest BCUT2D eigenvalue weighted by atomic mass is 9.74. The van der Waals surface area contributed by atoms with Crippen LogP contribution in [0.4, 0.5) is 4.79 Å². The highest BCUT2D eigenvalue weighted by molar-refractivity contribution is 5.67. The average Bonchev–Trinajstić information content (AvgIpc) is 2.23. The van der Waals surface area contributed by atoms with Crippen molar-refractivity contribution < 1.29 is 9.53 Å². The molecule has 1 saturated heterocycles. The molecule has 1 aliphatic rings. The molecule has 0 aromatic heterocycles. The van der Waals surface area contributed by atoms with Crippen molar-refractivity contribution in [2.75, 3.05) is 19.6 Å². The molecule has 1 aliphatic heterocycles. The maximum absolute atomic E-state index is 11.6. The Morgan fingerprint density at radius 3 is 2.37 bits per heavy atom. The molecule has 0 bridgehead atoms. The summed E-state index contributed by atoms with van der Waals surface area (Å²) in [6.45, 7) is 15.2. The lowest BCUT2D eigenvalue weighted by Gasteiger charge is -2.38. The van der Waals surface area contributed by atoms with Gasteiger partial charge in [-0.2, -0.15) is 0 Å². The predicted molar refractivity (Wildman–Crippen MR) is 78.2 cm³/mol. The molecule has 112 valence electrons.